The van der Waals surface area contributed by atoms with Crippen LogP contribution in [0.5, 0.6) is 0 Å². The number of aromatic nitrogens is 3. The van der Waals surface area contributed by atoms with Crippen LogP contribution >= 0.6 is 0 Å². The lowest BCUT2D eigenvalue weighted by atomic mass is 9.94. The number of carboxylic acid groups (broad SMARTS) is 1. The second kappa shape index (κ2) is 6.55. The number of hydrogen-bond acceptors (Lipinski definition) is 3. The van der Waals surface area contributed by atoms with Crippen LogP contribution in [0.4, 0.5) is 10.5 Å². The van der Waals surface area contributed by atoms with Crippen LogP contribution in [-0.4, -0.2) is 32.2 Å². The summed E-state index contributed by atoms with van der Waals surface area (Å²) in [5.74, 6) is 0.736. The van der Waals surface area contributed by atoms with E-state index in [1.807, 2.05) is 36.4 Å². The predicted octanol–water partition coefficient (Wildman–Crippen LogP) is 4.44. The average molecular weight is 336 g/mol. The average Bonchev–Trinajstić information content (AvgIpc) is 3.07. The van der Waals surface area contributed by atoms with Crippen molar-refractivity contribution in [2.75, 3.05) is 4.90 Å². The number of carbonyl (C=O) groups is 1. The van der Waals surface area contributed by atoms with Gasteiger partial charge in [0.05, 0.1) is 17.4 Å². The lowest BCUT2D eigenvalue weighted by molar-refractivity contribution is 0.196. The van der Waals surface area contributed by atoms with Gasteiger partial charge in [0.25, 0.3) is 0 Å². The van der Waals surface area contributed by atoms with Crippen molar-refractivity contribution in [3.8, 4) is 11.4 Å². The van der Waals surface area contributed by atoms with Gasteiger partial charge in [0.1, 0.15) is 5.82 Å². The van der Waals surface area contributed by atoms with Crippen molar-refractivity contribution in [1.82, 2.24) is 15.0 Å². The highest BCUT2D eigenvalue weighted by Gasteiger charge is 2.27. The van der Waals surface area contributed by atoms with E-state index in [9.17, 15) is 9.90 Å². The summed E-state index contributed by atoms with van der Waals surface area (Å²) in [5, 5.41) is 9.71. The summed E-state index contributed by atoms with van der Waals surface area (Å²) in [6, 6.07) is 11.7. The highest BCUT2D eigenvalue weighted by molar-refractivity contribution is 5.89. The normalized spacial score (nSPS) is 15.4. The maximum atomic E-state index is 11.8. The number of fused-ring (bicyclic) bond motifs is 1. The maximum absolute atomic E-state index is 11.8. The fourth-order valence-electron chi connectivity index (χ4n) is 3.57. The fraction of sp³-hybridized carbons (Fsp3) is 0.316. The minimum atomic E-state index is -0.921. The van der Waals surface area contributed by atoms with E-state index in [4.69, 9.17) is 0 Å². The highest BCUT2D eigenvalue weighted by Crippen LogP contribution is 2.29. The number of benzene rings is 1. The molecule has 1 saturated carbocycles. The molecule has 0 unspecified atom stereocenters. The van der Waals surface area contributed by atoms with E-state index in [2.05, 4.69) is 15.0 Å². The molecule has 128 valence electrons. The number of H-pyrrole nitrogens is 1. The van der Waals surface area contributed by atoms with Crippen molar-refractivity contribution in [3.63, 3.8) is 0 Å². The van der Waals surface area contributed by atoms with E-state index in [0.29, 0.717) is 11.3 Å². The molecular weight excluding hydrogens is 316 g/mol. The monoisotopic (exact) mass is 336 g/mol. The third kappa shape index (κ3) is 3.07. The van der Waals surface area contributed by atoms with Gasteiger partial charge in [-0.2, -0.15) is 0 Å². The van der Waals surface area contributed by atoms with E-state index in [1.165, 1.54) is 11.3 Å². The summed E-state index contributed by atoms with van der Waals surface area (Å²) in [6.07, 6.45) is 5.84. The zero-order chi connectivity index (χ0) is 17.2. The van der Waals surface area contributed by atoms with Crippen molar-refractivity contribution in [3.05, 3.63) is 42.6 Å². The van der Waals surface area contributed by atoms with Gasteiger partial charge < -0.3 is 10.1 Å². The Morgan fingerprint density at radius 1 is 1.16 bits per heavy atom. The molecule has 2 aromatic heterocycles. The molecule has 6 heteroatoms. The minimum Gasteiger partial charge on any atom is -0.465 e. The SMILES string of the molecule is O=C(O)N(c1cnc2nc(-c3ccccc3)[nH]c2c1)C1CCCCC1. The molecule has 1 aromatic carbocycles. The van der Waals surface area contributed by atoms with E-state index in [-0.39, 0.29) is 6.04 Å². The molecule has 0 saturated heterocycles. The van der Waals surface area contributed by atoms with Crippen LogP contribution in [0.3, 0.4) is 0 Å². The summed E-state index contributed by atoms with van der Waals surface area (Å²) < 4.78 is 0. The van der Waals surface area contributed by atoms with Crippen LogP contribution in [0.15, 0.2) is 42.6 Å². The molecule has 0 aliphatic heterocycles. The van der Waals surface area contributed by atoms with E-state index >= 15 is 0 Å². The number of imidazole rings is 1. The molecule has 4 rings (SSSR count). The Hall–Kier alpha value is -2.89. The Bertz CT molecular complexity index is 885. The molecule has 1 aliphatic carbocycles. The fourth-order valence-corrected chi connectivity index (χ4v) is 3.57. The molecule has 6 nitrogen and oxygen atoms in total. The van der Waals surface area contributed by atoms with Crippen LogP contribution in [0.25, 0.3) is 22.6 Å². The van der Waals surface area contributed by atoms with Gasteiger partial charge in [-0.15, -0.1) is 0 Å². The van der Waals surface area contributed by atoms with E-state index < -0.39 is 6.09 Å². The number of nitrogens with one attached hydrogen (secondary N) is 1. The van der Waals surface area contributed by atoms with E-state index in [1.54, 1.807) is 6.20 Å². The molecule has 0 spiro atoms. The maximum Gasteiger partial charge on any atom is 0.412 e. The van der Waals surface area contributed by atoms with Gasteiger partial charge >= 0.3 is 6.09 Å². The minimum absolute atomic E-state index is 0.0296. The van der Waals surface area contributed by atoms with Gasteiger partial charge in [-0.25, -0.2) is 14.8 Å². The summed E-state index contributed by atoms with van der Waals surface area (Å²) in [5.41, 5.74) is 2.93. The molecule has 0 radical (unpaired) electrons. The Labute approximate surface area is 145 Å². The lowest BCUT2D eigenvalue weighted by Gasteiger charge is -2.31. The molecule has 2 N–H and O–H groups in total. The van der Waals surface area contributed by atoms with Crippen LogP contribution in [0, 0.1) is 0 Å². The van der Waals surface area contributed by atoms with Crippen LogP contribution in [0.1, 0.15) is 32.1 Å². The first-order chi connectivity index (χ1) is 12.2. The first kappa shape index (κ1) is 15.6. The summed E-state index contributed by atoms with van der Waals surface area (Å²) >= 11 is 0. The highest BCUT2D eigenvalue weighted by atomic mass is 16.4. The van der Waals surface area contributed by atoms with Crippen LogP contribution < -0.4 is 4.90 Å². The van der Waals surface area contributed by atoms with Gasteiger partial charge in [-0.05, 0) is 18.9 Å². The molecular formula is C19H20N4O2. The molecule has 0 bridgehead atoms. The molecule has 2 heterocycles. The largest absolute Gasteiger partial charge is 0.465 e. The Kier molecular flexibility index (Phi) is 4.09. The number of pyridine rings is 1. The Morgan fingerprint density at radius 2 is 1.92 bits per heavy atom. The number of rotatable bonds is 3. The van der Waals surface area contributed by atoms with Crippen molar-refractivity contribution in [2.24, 2.45) is 0 Å². The standard InChI is InChI=1S/C19H20N4O2/c24-19(25)23(14-9-5-2-6-10-14)15-11-16-18(20-12-15)22-17(21-16)13-7-3-1-4-8-13/h1,3-4,7-8,11-12,14H,2,5-6,9-10H2,(H,24,25)(H,20,21,22). The Morgan fingerprint density at radius 3 is 2.64 bits per heavy atom. The zero-order valence-electron chi connectivity index (χ0n) is 13.9. The van der Waals surface area contributed by atoms with Crippen LogP contribution in [0.2, 0.25) is 0 Å². The topological polar surface area (TPSA) is 82.1 Å². The molecule has 1 fully saturated rings. The summed E-state index contributed by atoms with van der Waals surface area (Å²) in [4.78, 5) is 25.4. The van der Waals surface area contributed by atoms with Gasteiger partial charge in [-0.1, -0.05) is 49.6 Å². The van der Waals surface area contributed by atoms with Gasteiger partial charge in [0.15, 0.2) is 5.65 Å². The quantitative estimate of drug-likeness (QED) is 0.740. The number of hydrogen-bond donors (Lipinski definition) is 2. The zero-order valence-corrected chi connectivity index (χ0v) is 13.9. The summed E-state index contributed by atoms with van der Waals surface area (Å²) in [6.45, 7) is 0. The number of amides is 1. The molecule has 3 aromatic rings. The summed E-state index contributed by atoms with van der Waals surface area (Å²) in [7, 11) is 0. The van der Waals surface area contributed by atoms with E-state index in [0.717, 1.165) is 42.6 Å². The number of aromatic amines is 1. The molecule has 0 atom stereocenters. The first-order valence-electron chi connectivity index (χ1n) is 8.66. The molecule has 25 heavy (non-hydrogen) atoms. The van der Waals surface area contributed by atoms with Gasteiger partial charge in [0.2, 0.25) is 0 Å². The molecule has 1 aliphatic rings. The number of nitrogens with zero attached hydrogens (tertiary/aromatic N) is 3. The predicted molar refractivity (Wildman–Crippen MR) is 96.7 cm³/mol. The van der Waals surface area contributed by atoms with Crippen molar-refractivity contribution in [1.29, 1.82) is 0 Å². The van der Waals surface area contributed by atoms with Crippen LogP contribution in [-0.2, 0) is 0 Å². The van der Waals surface area contributed by atoms with Crippen molar-refractivity contribution < 1.29 is 9.90 Å². The van der Waals surface area contributed by atoms with Crippen molar-refractivity contribution >= 4 is 22.9 Å². The first-order valence-corrected chi connectivity index (χ1v) is 8.66. The third-order valence-electron chi connectivity index (χ3n) is 4.79. The lowest BCUT2D eigenvalue weighted by Crippen LogP contribution is -2.40. The second-order valence-corrected chi connectivity index (χ2v) is 6.46. The number of anilines is 1. The van der Waals surface area contributed by atoms with Gasteiger partial charge in [0, 0.05) is 11.6 Å². The molecule has 1 amide bonds. The second-order valence-electron chi connectivity index (χ2n) is 6.46. The Balaban J connectivity index is 1.71. The smallest absolute Gasteiger partial charge is 0.412 e. The van der Waals surface area contributed by atoms with Gasteiger partial charge in [-0.3, -0.25) is 4.90 Å². The third-order valence-corrected chi connectivity index (χ3v) is 4.79. The van der Waals surface area contributed by atoms with Crippen molar-refractivity contribution in [2.45, 2.75) is 38.1 Å².